The Morgan fingerprint density at radius 3 is 2.42 bits per heavy atom. The van der Waals surface area contributed by atoms with Crippen LogP contribution in [0.15, 0.2) is 0 Å². The van der Waals surface area contributed by atoms with Crippen molar-refractivity contribution in [3.63, 3.8) is 0 Å². The number of anilines is 1. The molecule has 0 spiro atoms. The summed E-state index contributed by atoms with van der Waals surface area (Å²) in [5.74, 6) is 1.68. The first-order valence-corrected chi connectivity index (χ1v) is 6.75. The number of aryl methyl sites for hydroxylation is 1. The lowest BCUT2D eigenvalue weighted by molar-refractivity contribution is 0.0600. The molecular weight excluding hydrogens is 242 g/mol. The second-order valence-corrected chi connectivity index (χ2v) is 5.38. The zero-order valence-corrected chi connectivity index (χ0v) is 11.8. The van der Waals surface area contributed by atoms with Crippen LogP contribution in [0.1, 0.15) is 60.4 Å². The van der Waals surface area contributed by atoms with Crippen molar-refractivity contribution in [1.29, 1.82) is 0 Å². The standard InChI is InChI=1S/C14H21N3O2/c1-8-4-6-10(7-5-8)13-16-9(2)11(12(15)17-13)14(18)19-3/h8,10H,4-7H2,1-3H3,(H2,15,16,17). The minimum Gasteiger partial charge on any atom is -0.465 e. The molecule has 2 N–H and O–H groups in total. The molecule has 0 aromatic carbocycles. The number of aromatic nitrogens is 2. The van der Waals surface area contributed by atoms with Gasteiger partial charge in [-0.1, -0.05) is 19.8 Å². The number of hydrogen-bond donors (Lipinski definition) is 1. The summed E-state index contributed by atoms with van der Waals surface area (Å²) >= 11 is 0. The van der Waals surface area contributed by atoms with Gasteiger partial charge in [-0.05, 0) is 25.7 Å². The van der Waals surface area contributed by atoms with E-state index < -0.39 is 5.97 Å². The van der Waals surface area contributed by atoms with Crippen molar-refractivity contribution in [3.8, 4) is 0 Å². The van der Waals surface area contributed by atoms with Crippen LogP contribution in [0.25, 0.3) is 0 Å². The fraction of sp³-hybridized carbons (Fsp3) is 0.643. The molecule has 5 heteroatoms. The van der Waals surface area contributed by atoms with Gasteiger partial charge < -0.3 is 10.5 Å². The highest BCUT2D eigenvalue weighted by atomic mass is 16.5. The average Bonchev–Trinajstić information content (AvgIpc) is 2.38. The number of carbonyl (C=O) groups is 1. The second kappa shape index (κ2) is 5.55. The van der Waals surface area contributed by atoms with Gasteiger partial charge in [0.2, 0.25) is 0 Å². The lowest BCUT2D eigenvalue weighted by Crippen LogP contribution is -2.18. The SMILES string of the molecule is COC(=O)c1c(C)nc(C2CCC(C)CC2)nc1N. The van der Waals surface area contributed by atoms with E-state index in [4.69, 9.17) is 10.5 Å². The van der Waals surface area contributed by atoms with Gasteiger partial charge in [0.1, 0.15) is 17.2 Å². The van der Waals surface area contributed by atoms with Crippen LogP contribution in [0.3, 0.4) is 0 Å². The zero-order chi connectivity index (χ0) is 14.0. The summed E-state index contributed by atoms with van der Waals surface area (Å²) in [6.07, 6.45) is 4.59. The lowest BCUT2D eigenvalue weighted by atomic mass is 9.82. The smallest absolute Gasteiger partial charge is 0.343 e. The van der Waals surface area contributed by atoms with E-state index in [2.05, 4.69) is 16.9 Å². The van der Waals surface area contributed by atoms with Crippen molar-refractivity contribution < 1.29 is 9.53 Å². The molecule has 104 valence electrons. The van der Waals surface area contributed by atoms with E-state index in [0.717, 1.165) is 24.6 Å². The molecule has 1 aliphatic rings. The number of nitrogens with zero attached hydrogens (tertiary/aromatic N) is 2. The number of carbonyl (C=O) groups excluding carboxylic acids is 1. The number of hydrogen-bond acceptors (Lipinski definition) is 5. The minimum absolute atomic E-state index is 0.230. The number of methoxy groups -OCH3 is 1. The number of rotatable bonds is 2. The summed E-state index contributed by atoms with van der Waals surface area (Å²) in [4.78, 5) is 20.4. The van der Waals surface area contributed by atoms with Gasteiger partial charge in [0, 0.05) is 5.92 Å². The molecule has 1 heterocycles. The molecule has 0 amide bonds. The summed E-state index contributed by atoms with van der Waals surface area (Å²) < 4.78 is 4.70. The van der Waals surface area contributed by atoms with Gasteiger partial charge in [-0.2, -0.15) is 0 Å². The van der Waals surface area contributed by atoms with Crippen LogP contribution in [0.4, 0.5) is 5.82 Å². The largest absolute Gasteiger partial charge is 0.465 e. The maximum absolute atomic E-state index is 11.6. The van der Waals surface area contributed by atoms with Crippen LogP contribution in [0.2, 0.25) is 0 Å². The molecule has 0 unspecified atom stereocenters. The molecule has 0 saturated heterocycles. The van der Waals surface area contributed by atoms with E-state index in [-0.39, 0.29) is 11.4 Å². The third-order valence-corrected chi connectivity index (χ3v) is 3.91. The second-order valence-electron chi connectivity index (χ2n) is 5.38. The summed E-state index contributed by atoms with van der Waals surface area (Å²) in [7, 11) is 1.33. The van der Waals surface area contributed by atoms with E-state index in [1.54, 1.807) is 6.92 Å². The molecule has 1 aromatic rings. The molecule has 0 aliphatic heterocycles. The summed E-state index contributed by atoms with van der Waals surface area (Å²) in [6, 6.07) is 0. The van der Waals surface area contributed by atoms with Gasteiger partial charge in [0.15, 0.2) is 0 Å². The molecule has 1 saturated carbocycles. The highest BCUT2D eigenvalue weighted by molar-refractivity contribution is 5.95. The predicted molar refractivity (Wildman–Crippen MR) is 72.9 cm³/mol. The van der Waals surface area contributed by atoms with Crippen LogP contribution >= 0.6 is 0 Å². The molecule has 1 aliphatic carbocycles. The van der Waals surface area contributed by atoms with Gasteiger partial charge in [-0.15, -0.1) is 0 Å². The highest BCUT2D eigenvalue weighted by Crippen LogP contribution is 2.34. The van der Waals surface area contributed by atoms with Crippen molar-refractivity contribution in [1.82, 2.24) is 9.97 Å². The Morgan fingerprint density at radius 1 is 1.26 bits per heavy atom. The fourth-order valence-corrected chi connectivity index (χ4v) is 2.67. The van der Waals surface area contributed by atoms with Gasteiger partial charge in [-0.25, -0.2) is 14.8 Å². The summed E-state index contributed by atoms with van der Waals surface area (Å²) in [5, 5.41) is 0. The molecule has 2 rings (SSSR count). The quantitative estimate of drug-likeness (QED) is 0.829. The van der Waals surface area contributed by atoms with Crippen LogP contribution < -0.4 is 5.73 Å². The number of esters is 1. The first-order valence-electron chi connectivity index (χ1n) is 6.75. The zero-order valence-electron chi connectivity index (χ0n) is 11.8. The lowest BCUT2D eigenvalue weighted by Gasteiger charge is -2.25. The number of ether oxygens (including phenoxy) is 1. The Bertz CT molecular complexity index is 457. The van der Waals surface area contributed by atoms with E-state index >= 15 is 0 Å². The van der Waals surface area contributed by atoms with Crippen LogP contribution in [0, 0.1) is 12.8 Å². The normalized spacial score (nSPS) is 23.1. The maximum atomic E-state index is 11.6. The molecular formula is C14H21N3O2. The molecule has 0 bridgehead atoms. The van der Waals surface area contributed by atoms with Crippen LogP contribution in [-0.4, -0.2) is 23.0 Å². The van der Waals surface area contributed by atoms with Gasteiger partial charge in [0.25, 0.3) is 0 Å². The third kappa shape index (κ3) is 2.85. The van der Waals surface area contributed by atoms with E-state index in [1.807, 2.05) is 0 Å². The summed E-state index contributed by atoms with van der Waals surface area (Å²) in [5.41, 5.74) is 6.77. The van der Waals surface area contributed by atoms with Gasteiger partial charge >= 0.3 is 5.97 Å². The van der Waals surface area contributed by atoms with Gasteiger partial charge in [-0.3, -0.25) is 0 Å². The fourth-order valence-electron chi connectivity index (χ4n) is 2.67. The predicted octanol–water partition coefficient (Wildman–Crippen LogP) is 2.45. The van der Waals surface area contributed by atoms with Crippen molar-refractivity contribution in [2.24, 2.45) is 5.92 Å². The monoisotopic (exact) mass is 263 g/mol. The van der Waals surface area contributed by atoms with Crippen molar-refractivity contribution >= 4 is 11.8 Å². The van der Waals surface area contributed by atoms with Crippen molar-refractivity contribution in [2.45, 2.75) is 45.4 Å². The molecule has 19 heavy (non-hydrogen) atoms. The molecule has 1 aromatic heterocycles. The highest BCUT2D eigenvalue weighted by Gasteiger charge is 2.25. The third-order valence-electron chi connectivity index (χ3n) is 3.91. The Labute approximate surface area is 113 Å². The Balaban J connectivity index is 2.27. The molecule has 0 atom stereocenters. The Morgan fingerprint density at radius 2 is 1.89 bits per heavy atom. The molecule has 0 radical (unpaired) electrons. The average molecular weight is 263 g/mol. The van der Waals surface area contributed by atoms with Gasteiger partial charge in [0.05, 0.1) is 12.8 Å². The van der Waals surface area contributed by atoms with E-state index in [0.29, 0.717) is 11.6 Å². The maximum Gasteiger partial charge on any atom is 0.343 e. The summed E-state index contributed by atoms with van der Waals surface area (Å²) in [6.45, 7) is 4.05. The van der Waals surface area contributed by atoms with E-state index in [1.165, 1.54) is 20.0 Å². The van der Waals surface area contributed by atoms with E-state index in [9.17, 15) is 4.79 Å². The number of nitrogen functional groups attached to an aromatic ring is 1. The van der Waals surface area contributed by atoms with Crippen LogP contribution in [0.5, 0.6) is 0 Å². The van der Waals surface area contributed by atoms with Crippen molar-refractivity contribution in [3.05, 3.63) is 17.1 Å². The number of nitrogens with two attached hydrogens (primary N) is 1. The Hall–Kier alpha value is -1.65. The molecule has 5 nitrogen and oxygen atoms in total. The molecule has 1 fully saturated rings. The van der Waals surface area contributed by atoms with Crippen molar-refractivity contribution in [2.75, 3.05) is 12.8 Å². The van der Waals surface area contributed by atoms with Crippen LogP contribution in [-0.2, 0) is 4.74 Å². The topological polar surface area (TPSA) is 78.1 Å². The first kappa shape index (κ1) is 13.8. The first-order chi connectivity index (χ1) is 9.02. The minimum atomic E-state index is -0.473. The Kier molecular flexibility index (Phi) is 4.02.